The lowest BCUT2D eigenvalue weighted by molar-refractivity contribution is -0.121. The molecule has 1 saturated heterocycles. The van der Waals surface area contributed by atoms with Crippen molar-refractivity contribution >= 4 is 0 Å². The van der Waals surface area contributed by atoms with Crippen molar-refractivity contribution in [2.45, 2.75) is 95.6 Å². The van der Waals surface area contributed by atoms with E-state index in [1.165, 1.54) is 77.0 Å². The number of rotatable bonds is 7. The molecule has 2 atom stereocenters. The third-order valence-corrected chi connectivity index (χ3v) is 5.60. The number of unbranched alkanes of at least 4 members (excludes halogenated alkanes) is 3. The minimum absolute atomic E-state index is 0.264. The molecule has 0 radical (unpaired) electrons. The predicted molar refractivity (Wildman–Crippen MR) is 86.1 cm³/mol. The smallest absolute Gasteiger partial charge is 0.0685 e. The van der Waals surface area contributed by atoms with E-state index in [0.29, 0.717) is 0 Å². The van der Waals surface area contributed by atoms with Crippen molar-refractivity contribution in [3.8, 4) is 0 Å². The van der Waals surface area contributed by atoms with E-state index in [4.69, 9.17) is 4.74 Å². The zero-order valence-electron chi connectivity index (χ0n) is 13.8. The standard InChI is InChI=1S/C18H35NO/c1-3-4-5-7-10-17(19-2)16-11-14-20-18(15-16)12-8-6-9-13-18/h16-17,19H,3-15H2,1-2H3. The lowest BCUT2D eigenvalue weighted by Crippen LogP contribution is -2.47. The molecule has 0 amide bonds. The summed E-state index contributed by atoms with van der Waals surface area (Å²) in [5.41, 5.74) is 0.264. The van der Waals surface area contributed by atoms with Crippen LogP contribution in [-0.2, 0) is 4.74 Å². The highest BCUT2D eigenvalue weighted by Crippen LogP contribution is 2.42. The van der Waals surface area contributed by atoms with Gasteiger partial charge in [-0.1, -0.05) is 51.9 Å². The molecule has 1 aliphatic carbocycles. The summed E-state index contributed by atoms with van der Waals surface area (Å²) in [5, 5.41) is 3.62. The fourth-order valence-electron chi connectivity index (χ4n) is 4.36. The maximum absolute atomic E-state index is 6.25. The van der Waals surface area contributed by atoms with E-state index in [-0.39, 0.29) is 5.60 Å². The van der Waals surface area contributed by atoms with E-state index in [9.17, 15) is 0 Å². The van der Waals surface area contributed by atoms with Crippen molar-refractivity contribution < 1.29 is 4.74 Å². The lowest BCUT2D eigenvalue weighted by atomic mass is 9.73. The molecule has 0 aromatic rings. The van der Waals surface area contributed by atoms with Gasteiger partial charge in [-0.25, -0.2) is 0 Å². The summed E-state index contributed by atoms with van der Waals surface area (Å²) in [6, 6.07) is 0.717. The van der Waals surface area contributed by atoms with Crippen molar-refractivity contribution in [2.75, 3.05) is 13.7 Å². The van der Waals surface area contributed by atoms with Crippen LogP contribution >= 0.6 is 0 Å². The Bertz CT molecular complexity index is 255. The Hall–Kier alpha value is -0.0800. The molecule has 2 fully saturated rings. The molecule has 0 aromatic heterocycles. The van der Waals surface area contributed by atoms with Crippen LogP contribution in [0.1, 0.15) is 84.0 Å². The number of hydrogen-bond acceptors (Lipinski definition) is 2. The molecule has 1 aliphatic heterocycles. The number of nitrogens with one attached hydrogen (secondary N) is 1. The summed E-state index contributed by atoms with van der Waals surface area (Å²) >= 11 is 0. The van der Waals surface area contributed by atoms with Gasteiger partial charge in [-0.05, 0) is 45.1 Å². The Morgan fingerprint density at radius 1 is 1.15 bits per heavy atom. The quantitative estimate of drug-likeness (QED) is 0.684. The predicted octanol–water partition coefficient (Wildman–Crippen LogP) is 4.67. The molecular weight excluding hydrogens is 246 g/mol. The third-order valence-electron chi connectivity index (χ3n) is 5.60. The molecule has 2 nitrogen and oxygen atoms in total. The average molecular weight is 281 g/mol. The molecular formula is C18H35NO. The van der Waals surface area contributed by atoms with Crippen LogP contribution in [0.15, 0.2) is 0 Å². The van der Waals surface area contributed by atoms with Gasteiger partial charge in [0.1, 0.15) is 0 Å². The molecule has 0 bridgehead atoms. The van der Waals surface area contributed by atoms with Gasteiger partial charge in [0.2, 0.25) is 0 Å². The fraction of sp³-hybridized carbons (Fsp3) is 1.00. The van der Waals surface area contributed by atoms with Crippen molar-refractivity contribution in [3.05, 3.63) is 0 Å². The average Bonchev–Trinajstić information content (AvgIpc) is 2.48. The SMILES string of the molecule is CCCCCCC(NC)C1CCOC2(CCCCC2)C1. The second-order valence-corrected chi connectivity index (χ2v) is 7.09. The van der Waals surface area contributed by atoms with Crippen LogP contribution in [0.25, 0.3) is 0 Å². The third kappa shape index (κ3) is 4.46. The molecule has 2 aliphatic rings. The van der Waals surface area contributed by atoms with E-state index in [0.717, 1.165) is 18.6 Å². The topological polar surface area (TPSA) is 21.3 Å². The van der Waals surface area contributed by atoms with Crippen molar-refractivity contribution in [3.63, 3.8) is 0 Å². The van der Waals surface area contributed by atoms with Gasteiger partial charge < -0.3 is 10.1 Å². The van der Waals surface area contributed by atoms with E-state index in [1.807, 2.05) is 0 Å². The molecule has 2 heteroatoms. The van der Waals surface area contributed by atoms with E-state index < -0.39 is 0 Å². The Morgan fingerprint density at radius 3 is 2.65 bits per heavy atom. The van der Waals surface area contributed by atoms with Crippen molar-refractivity contribution in [1.29, 1.82) is 0 Å². The van der Waals surface area contributed by atoms with Crippen LogP contribution in [0.2, 0.25) is 0 Å². The Labute approximate surface area is 126 Å². The molecule has 1 spiro atoms. The summed E-state index contributed by atoms with van der Waals surface area (Å²) < 4.78 is 6.25. The number of hydrogen-bond donors (Lipinski definition) is 1. The first-order valence-corrected chi connectivity index (χ1v) is 9.11. The molecule has 2 rings (SSSR count). The molecule has 118 valence electrons. The molecule has 1 N–H and O–H groups in total. The summed E-state index contributed by atoms with van der Waals surface area (Å²) in [7, 11) is 2.16. The van der Waals surface area contributed by atoms with Crippen molar-refractivity contribution in [2.24, 2.45) is 5.92 Å². The van der Waals surface area contributed by atoms with Gasteiger partial charge in [-0.2, -0.15) is 0 Å². The highest BCUT2D eigenvalue weighted by molar-refractivity contribution is 4.92. The van der Waals surface area contributed by atoms with Gasteiger partial charge in [0.15, 0.2) is 0 Å². The second kappa shape index (κ2) is 8.38. The Balaban J connectivity index is 1.82. The molecule has 20 heavy (non-hydrogen) atoms. The normalized spacial score (nSPS) is 27.6. The van der Waals surface area contributed by atoms with Gasteiger partial charge in [0.05, 0.1) is 5.60 Å². The summed E-state index contributed by atoms with van der Waals surface area (Å²) in [6.07, 6.45) is 16.3. The van der Waals surface area contributed by atoms with Gasteiger partial charge in [-0.15, -0.1) is 0 Å². The summed E-state index contributed by atoms with van der Waals surface area (Å²) in [4.78, 5) is 0. The Kier molecular flexibility index (Phi) is 6.83. The van der Waals surface area contributed by atoms with Crippen LogP contribution in [0.3, 0.4) is 0 Å². The zero-order chi connectivity index (χ0) is 14.3. The van der Waals surface area contributed by atoms with E-state index >= 15 is 0 Å². The van der Waals surface area contributed by atoms with Gasteiger partial charge in [-0.3, -0.25) is 0 Å². The molecule has 1 saturated carbocycles. The summed E-state index contributed by atoms with van der Waals surface area (Å²) in [6.45, 7) is 3.29. The molecule has 1 heterocycles. The summed E-state index contributed by atoms with van der Waals surface area (Å²) in [5.74, 6) is 0.841. The Morgan fingerprint density at radius 2 is 1.95 bits per heavy atom. The highest BCUT2D eigenvalue weighted by Gasteiger charge is 2.40. The molecule has 2 unspecified atom stereocenters. The van der Waals surface area contributed by atoms with E-state index in [2.05, 4.69) is 19.3 Å². The van der Waals surface area contributed by atoms with Crippen LogP contribution < -0.4 is 5.32 Å². The van der Waals surface area contributed by atoms with E-state index in [1.54, 1.807) is 0 Å². The van der Waals surface area contributed by atoms with Crippen LogP contribution in [0.5, 0.6) is 0 Å². The van der Waals surface area contributed by atoms with Gasteiger partial charge >= 0.3 is 0 Å². The minimum Gasteiger partial charge on any atom is -0.375 e. The van der Waals surface area contributed by atoms with Crippen LogP contribution in [-0.4, -0.2) is 25.3 Å². The van der Waals surface area contributed by atoms with Crippen molar-refractivity contribution in [1.82, 2.24) is 5.32 Å². The maximum Gasteiger partial charge on any atom is 0.0685 e. The highest BCUT2D eigenvalue weighted by atomic mass is 16.5. The monoisotopic (exact) mass is 281 g/mol. The molecule has 0 aromatic carbocycles. The first-order valence-electron chi connectivity index (χ1n) is 9.11. The zero-order valence-corrected chi connectivity index (χ0v) is 13.8. The van der Waals surface area contributed by atoms with Crippen LogP contribution in [0, 0.1) is 5.92 Å². The van der Waals surface area contributed by atoms with Crippen LogP contribution in [0.4, 0.5) is 0 Å². The number of ether oxygens (including phenoxy) is 1. The maximum atomic E-state index is 6.25. The minimum atomic E-state index is 0.264. The first kappa shape index (κ1) is 16.3. The lowest BCUT2D eigenvalue weighted by Gasteiger charge is -2.45. The second-order valence-electron chi connectivity index (χ2n) is 7.09. The first-order chi connectivity index (χ1) is 9.79. The van der Waals surface area contributed by atoms with Gasteiger partial charge in [0.25, 0.3) is 0 Å². The fourth-order valence-corrected chi connectivity index (χ4v) is 4.36. The van der Waals surface area contributed by atoms with Gasteiger partial charge in [0, 0.05) is 12.6 Å². The largest absolute Gasteiger partial charge is 0.375 e.